The van der Waals surface area contributed by atoms with Crippen molar-refractivity contribution in [2.75, 3.05) is 13.1 Å². The van der Waals surface area contributed by atoms with Crippen molar-refractivity contribution < 1.29 is 27.9 Å². The lowest BCUT2D eigenvalue weighted by Gasteiger charge is -2.29. The van der Waals surface area contributed by atoms with Gasteiger partial charge in [-0.15, -0.1) is 11.3 Å². The molecule has 11 heteroatoms. The minimum absolute atomic E-state index is 0.206. The van der Waals surface area contributed by atoms with Gasteiger partial charge in [-0.05, 0) is 69.3 Å². The highest BCUT2D eigenvalue weighted by atomic mass is 32.1. The van der Waals surface area contributed by atoms with Crippen molar-refractivity contribution in [2.45, 2.75) is 69.4 Å². The molecule has 1 aromatic heterocycles. The molecule has 0 radical (unpaired) electrons. The van der Waals surface area contributed by atoms with Gasteiger partial charge in [0.25, 0.3) is 11.8 Å². The van der Waals surface area contributed by atoms with Crippen molar-refractivity contribution in [1.82, 2.24) is 20.5 Å². The van der Waals surface area contributed by atoms with Gasteiger partial charge in [0.2, 0.25) is 0 Å². The van der Waals surface area contributed by atoms with Crippen LogP contribution < -0.4 is 10.6 Å². The topological polar surface area (TPSA) is 94.6 Å². The first-order valence-corrected chi connectivity index (χ1v) is 14.7. The van der Waals surface area contributed by atoms with Crippen molar-refractivity contribution in [2.24, 2.45) is 0 Å². The van der Waals surface area contributed by atoms with Crippen LogP contribution in [0.4, 0.5) is 13.2 Å². The van der Waals surface area contributed by atoms with Crippen LogP contribution in [-0.2, 0) is 12.6 Å². The summed E-state index contributed by atoms with van der Waals surface area (Å²) in [4.78, 5) is 33.1. The quantitative estimate of drug-likeness (QED) is 0.349. The molecule has 3 N–H and O–H groups in total. The molecule has 5 rings (SSSR count). The smallest absolute Gasteiger partial charge is 0.389 e. The number of likely N-dealkylation sites (tertiary alicyclic amines) is 1. The third kappa shape index (κ3) is 6.79. The van der Waals surface area contributed by atoms with Gasteiger partial charge >= 0.3 is 6.18 Å². The van der Waals surface area contributed by atoms with Crippen molar-refractivity contribution in [1.29, 1.82) is 0 Å². The van der Waals surface area contributed by atoms with Crippen LogP contribution >= 0.6 is 11.3 Å². The van der Waals surface area contributed by atoms with E-state index in [0.717, 1.165) is 47.8 Å². The first-order chi connectivity index (χ1) is 19.6. The molecule has 3 aromatic rings. The molecule has 2 saturated heterocycles. The van der Waals surface area contributed by atoms with Gasteiger partial charge in [0.1, 0.15) is 5.01 Å². The zero-order valence-corrected chi connectivity index (χ0v) is 23.5. The predicted molar refractivity (Wildman–Crippen MR) is 150 cm³/mol. The van der Waals surface area contributed by atoms with Crippen molar-refractivity contribution in [3.05, 3.63) is 86.9 Å². The molecule has 4 atom stereocenters. The fourth-order valence-electron chi connectivity index (χ4n) is 5.66. The second kappa shape index (κ2) is 12.3. The zero-order chi connectivity index (χ0) is 29.1. The van der Waals surface area contributed by atoms with Crippen LogP contribution in [0, 0.1) is 6.92 Å². The molecule has 2 aromatic carbocycles. The first kappa shape index (κ1) is 29.2. The Kier molecular flexibility index (Phi) is 8.77. The highest BCUT2D eigenvalue weighted by molar-refractivity contribution is 7.09. The monoisotopic (exact) mass is 586 g/mol. The van der Waals surface area contributed by atoms with Gasteiger partial charge in [-0.1, -0.05) is 30.3 Å². The Morgan fingerprint density at radius 2 is 1.90 bits per heavy atom. The largest absolute Gasteiger partial charge is 0.416 e. The molecule has 0 spiro atoms. The molecule has 2 amide bonds. The third-order valence-electron chi connectivity index (χ3n) is 7.74. The van der Waals surface area contributed by atoms with Crippen LogP contribution in [0.5, 0.6) is 0 Å². The van der Waals surface area contributed by atoms with Gasteiger partial charge in [0.05, 0.1) is 23.8 Å². The van der Waals surface area contributed by atoms with Crippen LogP contribution in [0.25, 0.3) is 0 Å². The average Bonchev–Trinajstić information content (AvgIpc) is 3.74. The fourth-order valence-corrected chi connectivity index (χ4v) is 6.61. The van der Waals surface area contributed by atoms with Crippen molar-refractivity contribution in [3.63, 3.8) is 0 Å². The predicted octanol–water partition coefficient (Wildman–Crippen LogP) is 4.90. The Balaban J connectivity index is 1.43. The van der Waals surface area contributed by atoms with E-state index < -0.39 is 35.7 Å². The van der Waals surface area contributed by atoms with Crippen LogP contribution in [0.3, 0.4) is 0 Å². The molecule has 2 fully saturated rings. The third-order valence-corrected chi connectivity index (χ3v) is 8.81. The van der Waals surface area contributed by atoms with E-state index in [1.807, 2.05) is 42.6 Å². The number of benzene rings is 2. The molecule has 41 heavy (non-hydrogen) atoms. The fraction of sp³-hybridized carbons (Fsp3) is 0.433. The minimum Gasteiger partial charge on any atom is -0.389 e. The Labute approximate surface area is 240 Å². The normalized spacial score (nSPS) is 20.7. The summed E-state index contributed by atoms with van der Waals surface area (Å²) in [7, 11) is 0. The molecule has 7 nitrogen and oxygen atoms in total. The van der Waals surface area contributed by atoms with Gasteiger partial charge in [0, 0.05) is 34.8 Å². The molecule has 0 aliphatic carbocycles. The maximum atomic E-state index is 14.0. The Morgan fingerprint density at radius 3 is 2.56 bits per heavy atom. The number of amides is 2. The highest BCUT2D eigenvalue weighted by Gasteiger charge is 2.37. The summed E-state index contributed by atoms with van der Waals surface area (Å²) in [6, 6.07) is 10.7. The minimum atomic E-state index is -4.77. The maximum absolute atomic E-state index is 14.0. The molecule has 218 valence electrons. The van der Waals surface area contributed by atoms with Crippen LogP contribution in [0.15, 0.2) is 53.9 Å². The van der Waals surface area contributed by atoms with E-state index in [1.54, 1.807) is 4.90 Å². The van der Waals surface area contributed by atoms with Gasteiger partial charge in [-0.3, -0.25) is 9.59 Å². The molecule has 2 aliphatic rings. The lowest BCUT2D eigenvalue weighted by atomic mass is 9.94. The number of alkyl halides is 3. The molecule has 3 heterocycles. The van der Waals surface area contributed by atoms with Crippen LogP contribution in [-0.4, -0.2) is 58.1 Å². The second-order valence-electron chi connectivity index (χ2n) is 10.7. The molecular weight excluding hydrogens is 553 g/mol. The summed E-state index contributed by atoms with van der Waals surface area (Å²) >= 11 is 1.42. The Bertz CT molecular complexity index is 1370. The second-order valence-corrected chi connectivity index (χ2v) is 11.6. The van der Waals surface area contributed by atoms with E-state index in [1.165, 1.54) is 17.4 Å². The zero-order valence-electron chi connectivity index (χ0n) is 22.7. The van der Waals surface area contributed by atoms with Gasteiger partial charge in [-0.2, -0.15) is 13.2 Å². The summed E-state index contributed by atoms with van der Waals surface area (Å²) in [5, 5.41) is 19.8. The number of halogens is 3. The van der Waals surface area contributed by atoms with E-state index >= 15 is 0 Å². The van der Waals surface area contributed by atoms with Crippen LogP contribution in [0.1, 0.15) is 74.3 Å². The molecular formula is C30H33F3N4O3S. The lowest BCUT2D eigenvalue weighted by molar-refractivity contribution is -0.137. The summed E-state index contributed by atoms with van der Waals surface area (Å²) in [6.45, 7) is 2.98. The summed E-state index contributed by atoms with van der Waals surface area (Å²) < 4.78 is 41.9. The number of aliphatic hydroxyl groups is 1. The molecule has 0 bridgehead atoms. The molecule has 0 saturated carbocycles. The average molecular weight is 587 g/mol. The summed E-state index contributed by atoms with van der Waals surface area (Å²) in [5.74, 6) is -1.35. The number of nitrogens with one attached hydrogen (secondary N) is 2. The number of thiazole rings is 1. The van der Waals surface area contributed by atoms with Crippen molar-refractivity contribution in [3.8, 4) is 0 Å². The summed E-state index contributed by atoms with van der Waals surface area (Å²) in [6.07, 6.45) is -2.46. The summed E-state index contributed by atoms with van der Waals surface area (Å²) in [5.41, 5.74) is 0.123. The van der Waals surface area contributed by atoms with Gasteiger partial charge < -0.3 is 20.6 Å². The number of aliphatic hydroxyl groups excluding tert-OH is 1. The van der Waals surface area contributed by atoms with Crippen molar-refractivity contribution >= 4 is 23.2 Å². The number of hydrogen-bond donors (Lipinski definition) is 3. The van der Waals surface area contributed by atoms with Crippen LogP contribution in [0.2, 0.25) is 0 Å². The Hall–Kier alpha value is -3.28. The number of aromatic nitrogens is 1. The highest BCUT2D eigenvalue weighted by Crippen LogP contribution is 2.36. The number of carbonyl (C=O) groups excluding carboxylic acids is 2. The van der Waals surface area contributed by atoms with E-state index in [9.17, 15) is 27.9 Å². The lowest BCUT2D eigenvalue weighted by Crippen LogP contribution is -2.52. The van der Waals surface area contributed by atoms with Gasteiger partial charge in [-0.25, -0.2) is 4.98 Å². The van der Waals surface area contributed by atoms with E-state index in [0.29, 0.717) is 25.8 Å². The van der Waals surface area contributed by atoms with E-state index in [2.05, 4.69) is 15.6 Å². The Morgan fingerprint density at radius 1 is 1.15 bits per heavy atom. The SMILES string of the molecule is Cc1csc(C2CCCN2C(=O)c2cc(C(=O)N[C@@H](Cc3ccccc3)[C@H](O)C3CCCN3)cc(C(F)(F)F)c2)n1. The first-order valence-electron chi connectivity index (χ1n) is 13.8. The number of aryl methyl sites for hydroxylation is 1. The number of hydrogen-bond acceptors (Lipinski definition) is 6. The number of carbonyl (C=O) groups is 2. The standard InChI is InChI=1S/C30H33F3N4O3S/c1-18-17-41-28(35-18)25-10-6-12-37(25)29(40)21-14-20(15-22(16-21)30(31,32)33)27(39)36-24(13-19-7-3-2-4-8-19)26(38)23-9-5-11-34-23/h2-4,7-8,14-17,23-26,34,38H,5-6,9-13H2,1H3,(H,36,39)/t23?,24-,25?,26+/m0/s1. The number of rotatable bonds is 8. The molecule has 2 aliphatic heterocycles. The van der Waals surface area contributed by atoms with E-state index in [4.69, 9.17) is 0 Å². The number of nitrogens with zero attached hydrogens (tertiary/aromatic N) is 2. The maximum Gasteiger partial charge on any atom is 0.416 e. The van der Waals surface area contributed by atoms with Gasteiger partial charge in [0.15, 0.2) is 0 Å². The molecule has 2 unspecified atom stereocenters. The van der Waals surface area contributed by atoms with E-state index in [-0.39, 0.29) is 23.2 Å².